The molecule has 4 aliphatic rings. The molecule has 0 amide bonds. The highest BCUT2D eigenvalue weighted by Gasteiger charge is 2.59. The number of hydrogen-bond acceptors (Lipinski definition) is 1. The van der Waals surface area contributed by atoms with Crippen LogP contribution in [0.2, 0.25) is 0 Å². The van der Waals surface area contributed by atoms with Crippen molar-refractivity contribution in [2.24, 2.45) is 10.9 Å². The number of aliphatic imine (C=N–C) groups is 1. The summed E-state index contributed by atoms with van der Waals surface area (Å²) in [6, 6.07) is 75.8. The van der Waals surface area contributed by atoms with Gasteiger partial charge in [-0.15, -0.1) is 0 Å². The van der Waals surface area contributed by atoms with E-state index in [2.05, 4.69) is 214 Å². The molecule has 12 rings (SSSR count). The maximum absolute atomic E-state index is 5.96. The van der Waals surface area contributed by atoms with Gasteiger partial charge in [-0.1, -0.05) is 207 Å². The number of nitrogens with zero attached hydrogens (tertiary/aromatic N) is 1. The van der Waals surface area contributed by atoms with Crippen LogP contribution in [0.4, 0.5) is 0 Å². The molecule has 0 saturated carbocycles. The van der Waals surface area contributed by atoms with Gasteiger partial charge in [0.15, 0.2) is 0 Å². The van der Waals surface area contributed by atoms with E-state index in [1.807, 2.05) is 0 Å². The van der Waals surface area contributed by atoms with Gasteiger partial charge in [0.25, 0.3) is 0 Å². The van der Waals surface area contributed by atoms with Crippen LogP contribution in [0, 0.1) is 5.92 Å². The molecule has 0 aromatic heterocycles. The molecule has 2 unspecified atom stereocenters. The van der Waals surface area contributed by atoms with Crippen molar-refractivity contribution in [2.45, 2.75) is 49.9 Å². The Labute approximate surface area is 359 Å². The second kappa shape index (κ2) is 13.9. The number of allylic oxidation sites excluding steroid dienone is 1. The van der Waals surface area contributed by atoms with Crippen LogP contribution in [0.15, 0.2) is 211 Å². The SMILES string of the molecule is CCC1C(c2cccc3c2-c2ccccc2C32c3ccccc3C3(c4ccccc4-c4ccccc43)c3ccccc32)=N/C(c2ccccc2)=C(\C)CCC1c1ccccc1. The first-order valence-electron chi connectivity index (χ1n) is 22.2. The highest BCUT2D eigenvalue weighted by atomic mass is 14.8. The highest BCUT2D eigenvalue weighted by Crippen LogP contribution is 2.67. The molecule has 292 valence electrons. The Bertz CT molecular complexity index is 3000. The lowest BCUT2D eigenvalue weighted by Gasteiger charge is -2.48. The Hall–Kier alpha value is -6.83. The number of rotatable bonds is 4. The van der Waals surface area contributed by atoms with E-state index in [0.29, 0.717) is 5.92 Å². The first-order chi connectivity index (χ1) is 30.2. The third kappa shape index (κ3) is 4.86. The average molecular weight is 782 g/mol. The molecule has 1 aliphatic heterocycles. The second-order valence-electron chi connectivity index (χ2n) is 17.5. The van der Waals surface area contributed by atoms with Crippen LogP contribution in [-0.4, -0.2) is 5.71 Å². The normalized spacial score (nSPS) is 19.7. The Balaban J connectivity index is 1.18. The Morgan fingerprint density at radius 1 is 0.443 bits per heavy atom. The molecule has 8 aromatic carbocycles. The first-order valence-corrected chi connectivity index (χ1v) is 22.2. The second-order valence-corrected chi connectivity index (χ2v) is 17.5. The summed E-state index contributed by atoms with van der Waals surface area (Å²) in [5.74, 6) is 0.544. The summed E-state index contributed by atoms with van der Waals surface area (Å²) in [6.45, 7) is 4.68. The predicted molar refractivity (Wildman–Crippen MR) is 252 cm³/mol. The third-order valence-corrected chi connectivity index (χ3v) is 14.8. The molecule has 1 heterocycles. The lowest BCUT2D eigenvalue weighted by Crippen LogP contribution is -2.43. The zero-order valence-electron chi connectivity index (χ0n) is 34.8. The molecule has 3 aliphatic carbocycles. The van der Waals surface area contributed by atoms with Crippen LogP contribution in [-0.2, 0) is 10.8 Å². The van der Waals surface area contributed by atoms with Crippen molar-refractivity contribution in [3.8, 4) is 22.3 Å². The summed E-state index contributed by atoms with van der Waals surface area (Å²) >= 11 is 0. The van der Waals surface area contributed by atoms with Crippen LogP contribution in [0.1, 0.15) is 100 Å². The van der Waals surface area contributed by atoms with Crippen LogP contribution in [0.25, 0.3) is 28.0 Å². The maximum Gasteiger partial charge on any atom is 0.0720 e. The fourth-order valence-electron chi connectivity index (χ4n) is 12.4. The molecular formula is C60H47N. The quantitative estimate of drug-likeness (QED) is 0.169. The van der Waals surface area contributed by atoms with Crippen LogP contribution < -0.4 is 0 Å². The molecule has 1 heteroatoms. The van der Waals surface area contributed by atoms with E-state index in [1.54, 1.807) is 0 Å². The van der Waals surface area contributed by atoms with Crippen LogP contribution in [0.5, 0.6) is 0 Å². The van der Waals surface area contributed by atoms with E-state index in [0.717, 1.165) is 25.0 Å². The summed E-state index contributed by atoms with van der Waals surface area (Å²) in [6.07, 6.45) is 3.07. The summed E-state index contributed by atoms with van der Waals surface area (Å²) in [7, 11) is 0. The van der Waals surface area contributed by atoms with Gasteiger partial charge in [-0.2, -0.15) is 0 Å². The van der Waals surface area contributed by atoms with Gasteiger partial charge in [-0.05, 0) is 110 Å². The van der Waals surface area contributed by atoms with Gasteiger partial charge in [-0.25, -0.2) is 0 Å². The largest absolute Gasteiger partial charge is 0.252 e. The summed E-state index contributed by atoms with van der Waals surface area (Å²) in [4.78, 5) is 5.96. The fraction of sp³-hybridized carbons (Fsp3) is 0.150. The molecule has 8 aromatic rings. The Kier molecular flexibility index (Phi) is 8.19. The highest BCUT2D eigenvalue weighted by molar-refractivity contribution is 6.12. The van der Waals surface area contributed by atoms with Gasteiger partial charge >= 0.3 is 0 Å². The standard InChI is InChI=1S/C60H47N/c1-3-42-43(40-21-6-4-7-22-40)38-37-39(2)57(41-23-8-5-9-24-41)61-58(42)47-28-20-36-55-56(47)46-27-12-15-31-50(46)60(55)53-34-18-16-32-51(53)59(52-33-17-19-35-54(52)60)48-29-13-10-25-44(48)45-26-11-14-30-49(45)59/h4-36,42-43H,3,37-38H2,1-2H3/b57-39+,61-58?. The van der Waals surface area contributed by atoms with E-state index in [9.17, 15) is 0 Å². The van der Waals surface area contributed by atoms with E-state index in [-0.39, 0.29) is 5.92 Å². The molecule has 2 spiro atoms. The fourth-order valence-corrected chi connectivity index (χ4v) is 12.4. The van der Waals surface area contributed by atoms with Crippen molar-refractivity contribution < 1.29 is 0 Å². The smallest absolute Gasteiger partial charge is 0.0720 e. The topological polar surface area (TPSA) is 12.4 Å². The number of hydrogen-bond donors (Lipinski definition) is 0. The minimum absolute atomic E-state index is 0.213. The average Bonchev–Trinajstić information content (AvgIpc) is 3.79. The molecule has 2 atom stereocenters. The minimum atomic E-state index is -0.552. The van der Waals surface area contributed by atoms with Gasteiger partial charge in [0, 0.05) is 17.0 Å². The van der Waals surface area contributed by atoms with E-state index >= 15 is 0 Å². The van der Waals surface area contributed by atoms with Crippen LogP contribution in [0.3, 0.4) is 0 Å². The zero-order valence-corrected chi connectivity index (χ0v) is 34.8. The summed E-state index contributed by atoms with van der Waals surface area (Å²) in [5.41, 5.74) is 22.6. The van der Waals surface area contributed by atoms with Crippen LogP contribution >= 0.6 is 0 Å². The van der Waals surface area contributed by atoms with Crippen molar-refractivity contribution in [3.05, 3.63) is 267 Å². The van der Waals surface area contributed by atoms with Crippen molar-refractivity contribution in [3.63, 3.8) is 0 Å². The zero-order chi connectivity index (χ0) is 40.7. The monoisotopic (exact) mass is 781 g/mol. The van der Waals surface area contributed by atoms with Gasteiger partial charge in [-0.3, -0.25) is 4.99 Å². The van der Waals surface area contributed by atoms with E-state index in [1.165, 1.54) is 94.7 Å². The molecule has 0 fully saturated rings. The van der Waals surface area contributed by atoms with Crippen molar-refractivity contribution in [1.82, 2.24) is 0 Å². The maximum atomic E-state index is 5.96. The van der Waals surface area contributed by atoms with Gasteiger partial charge < -0.3 is 0 Å². The molecule has 0 bridgehead atoms. The van der Waals surface area contributed by atoms with Gasteiger partial charge in [0.05, 0.1) is 22.2 Å². The minimum Gasteiger partial charge on any atom is -0.252 e. The molecule has 0 radical (unpaired) electrons. The molecule has 0 N–H and O–H groups in total. The summed E-state index contributed by atoms with van der Waals surface area (Å²) in [5, 5.41) is 0. The lowest BCUT2D eigenvalue weighted by atomic mass is 9.52. The third-order valence-electron chi connectivity index (χ3n) is 14.8. The number of fused-ring (bicyclic) bond motifs is 16. The van der Waals surface area contributed by atoms with E-state index < -0.39 is 10.8 Å². The summed E-state index contributed by atoms with van der Waals surface area (Å²) < 4.78 is 0. The number of benzene rings is 8. The van der Waals surface area contributed by atoms with Gasteiger partial charge in [0.1, 0.15) is 0 Å². The Morgan fingerprint density at radius 2 is 0.869 bits per heavy atom. The Morgan fingerprint density at radius 3 is 1.43 bits per heavy atom. The lowest BCUT2D eigenvalue weighted by molar-refractivity contribution is 0.486. The molecule has 61 heavy (non-hydrogen) atoms. The van der Waals surface area contributed by atoms with Crippen molar-refractivity contribution >= 4 is 11.4 Å². The van der Waals surface area contributed by atoms with Gasteiger partial charge in [0.2, 0.25) is 0 Å². The van der Waals surface area contributed by atoms with Crippen molar-refractivity contribution in [1.29, 1.82) is 0 Å². The molecule has 0 saturated heterocycles. The van der Waals surface area contributed by atoms with Crippen molar-refractivity contribution in [2.75, 3.05) is 0 Å². The first kappa shape index (κ1) is 36.1. The predicted octanol–water partition coefficient (Wildman–Crippen LogP) is 14.6. The molecule has 1 nitrogen and oxygen atoms in total. The van der Waals surface area contributed by atoms with E-state index in [4.69, 9.17) is 4.99 Å². The molecular weight excluding hydrogens is 735 g/mol.